The van der Waals surface area contributed by atoms with E-state index >= 15 is 0 Å². The monoisotopic (exact) mass is 284 g/mol. The molecule has 2 heterocycles. The topological polar surface area (TPSA) is 95.6 Å². The smallest absolute Gasteiger partial charge is 0.239 e. The number of nitrogen functional groups attached to an aromatic ring is 2. The molecule has 0 unspecified atom stereocenters. The molecule has 0 spiro atoms. The number of fused-ring (bicyclic) bond motifs is 1. The Morgan fingerprint density at radius 1 is 1.05 bits per heavy atom. The van der Waals surface area contributed by atoms with Crippen LogP contribution in [0.25, 0.3) is 17.0 Å². The van der Waals surface area contributed by atoms with E-state index in [2.05, 4.69) is 15.0 Å². The zero-order valence-electron chi connectivity index (χ0n) is 11.1. The largest absolute Gasteiger partial charge is 0.381 e. The van der Waals surface area contributed by atoms with Gasteiger partial charge in [0.15, 0.2) is 11.6 Å². The Morgan fingerprint density at radius 3 is 2.38 bits per heavy atom. The van der Waals surface area contributed by atoms with Crippen molar-refractivity contribution in [2.75, 3.05) is 11.5 Å². The molecule has 3 aromatic rings. The number of para-hydroxylation sites is 2. The Labute approximate surface area is 119 Å². The molecular weight excluding hydrogens is 271 g/mol. The molecule has 0 bridgehead atoms. The second-order valence-corrected chi connectivity index (χ2v) is 5.18. The Balaban J connectivity index is 2.03. The predicted octanol–water partition coefficient (Wildman–Crippen LogP) is 2.00. The molecule has 7 heteroatoms. The summed E-state index contributed by atoms with van der Waals surface area (Å²) in [6.07, 6.45) is 2.16. The Morgan fingerprint density at radius 2 is 1.71 bits per heavy atom. The highest BCUT2D eigenvalue weighted by Gasteiger charge is 2.31. The third kappa shape index (κ3) is 1.81. The van der Waals surface area contributed by atoms with Gasteiger partial charge < -0.3 is 11.5 Å². The molecule has 0 aliphatic heterocycles. The number of rotatable bonds is 2. The summed E-state index contributed by atoms with van der Waals surface area (Å²) in [6.45, 7) is 0. The highest BCUT2D eigenvalue weighted by Crippen LogP contribution is 2.41. The second-order valence-electron chi connectivity index (χ2n) is 5.18. The van der Waals surface area contributed by atoms with E-state index in [1.807, 2.05) is 28.8 Å². The minimum absolute atomic E-state index is 0.253. The predicted molar refractivity (Wildman–Crippen MR) is 77.4 cm³/mol. The third-order valence-corrected chi connectivity index (χ3v) is 3.62. The van der Waals surface area contributed by atoms with Gasteiger partial charge in [0.2, 0.25) is 11.8 Å². The van der Waals surface area contributed by atoms with Crippen LogP contribution in [-0.4, -0.2) is 19.5 Å². The van der Waals surface area contributed by atoms with E-state index in [0.29, 0.717) is 5.92 Å². The first kappa shape index (κ1) is 12.1. The van der Waals surface area contributed by atoms with E-state index in [-0.39, 0.29) is 17.6 Å². The summed E-state index contributed by atoms with van der Waals surface area (Å²) in [5.41, 5.74) is 12.9. The summed E-state index contributed by atoms with van der Waals surface area (Å²) in [7, 11) is 0. The lowest BCUT2D eigenvalue weighted by atomic mass is 10.3. The summed E-state index contributed by atoms with van der Waals surface area (Å²) >= 11 is 0. The lowest BCUT2D eigenvalue weighted by Gasteiger charge is -2.09. The standard InChI is InChI=1S/C14H13FN6/c15-10-11(16)19-14(20-12(10)17)21-9-4-2-1-3-8(9)18-13(21)7-5-6-7/h1-4,7H,5-6H2,(H4,16,17,19,20). The number of aromatic nitrogens is 4. The van der Waals surface area contributed by atoms with Gasteiger partial charge in [0, 0.05) is 5.92 Å². The van der Waals surface area contributed by atoms with Crippen LogP contribution in [0.4, 0.5) is 16.0 Å². The van der Waals surface area contributed by atoms with Crippen LogP contribution in [0.1, 0.15) is 24.6 Å². The first-order valence-corrected chi connectivity index (χ1v) is 6.71. The molecule has 21 heavy (non-hydrogen) atoms. The van der Waals surface area contributed by atoms with E-state index in [0.717, 1.165) is 29.7 Å². The summed E-state index contributed by atoms with van der Waals surface area (Å²) in [6, 6.07) is 7.68. The maximum atomic E-state index is 13.5. The number of nitrogens with two attached hydrogens (primary N) is 2. The molecule has 0 radical (unpaired) electrons. The molecule has 1 aliphatic rings. The summed E-state index contributed by atoms with van der Waals surface area (Å²) in [4.78, 5) is 12.7. The average Bonchev–Trinajstić information content (AvgIpc) is 3.24. The zero-order chi connectivity index (χ0) is 14.6. The number of imidazole rings is 1. The molecule has 1 aromatic carbocycles. The summed E-state index contributed by atoms with van der Waals surface area (Å²) in [5, 5.41) is 0. The van der Waals surface area contributed by atoms with Gasteiger partial charge in [-0.15, -0.1) is 0 Å². The van der Waals surface area contributed by atoms with Gasteiger partial charge in [0.25, 0.3) is 0 Å². The fourth-order valence-electron chi connectivity index (χ4n) is 2.44. The van der Waals surface area contributed by atoms with Gasteiger partial charge in [-0.05, 0) is 25.0 Å². The molecule has 4 N–H and O–H groups in total. The highest BCUT2D eigenvalue weighted by molar-refractivity contribution is 5.78. The van der Waals surface area contributed by atoms with Crippen molar-refractivity contribution in [2.45, 2.75) is 18.8 Å². The van der Waals surface area contributed by atoms with Gasteiger partial charge in [-0.1, -0.05) is 12.1 Å². The van der Waals surface area contributed by atoms with Crippen molar-refractivity contribution < 1.29 is 4.39 Å². The average molecular weight is 284 g/mol. The lowest BCUT2D eigenvalue weighted by molar-refractivity contribution is 0.623. The normalized spacial score (nSPS) is 14.7. The Hall–Kier alpha value is -2.70. The van der Waals surface area contributed by atoms with Crippen LogP contribution in [0.15, 0.2) is 24.3 Å². The van der Waals surface area contributed by atoms with E-state index < -0.39 is 5.82 Å². The molecule has 1 fully saturated rings. The van der Waals surface area contributed by atoms with Crippen LogP contribution in [0.3, 0.4) is 0 Å². The molecule has 0 atom stereocenters. The second kappa shape index (κ2) is 4.15. The fraction of sp³-hybridized carbons (Fsp3) is 0.214. The van der Waals surface area contributed by atoms with Crippen molar-refractivity contribution in [3.63, 3.8) is 0 Å². The minimum atomic E-state index is -0.781. The van der Waals surface area contributed by atoms with Gasteiger partial charge in [-0.2, -0.15) is 14.4 Å². The van der Waals surface area contributed by atoms with E-state index in [1.54, 1.807) is 0 Å². The van der Waals surface area contributed by atoms with E-state index in [1.165, 1.54) is 0 Å². The fourth-order valence-corrected chi connectivity index (χ4v) is 2.44. The molecule has 2 aromatic heterocycles. The van der Waals surface area contributed by atoms with Gasteiger partial charge in [-0.25, -0.2) is 4.98 Å². The maximum Gasteiger partial charge on any atom is 0.239 e. The molecule has 4 rings (SSSR count). The summed E-state index contributed by atoms with van der Waals surface area (Å²) in [5.74, 6) is 0.238. The number of benzene rings is 1. The number of hydrogen-bond donors (Lipinski definition) is 2. The lowest BCUT2D eigenvalue weighted by Crippen LogP contribution is -2.11. The molecule has 0 saturated heterocycles. The first-order valence-electron chi connectivity index (χ1n) is 6.71. The van der Waals surface area contributed by atoms with Gasteiger partial charge in [0.05, 0.1) is 11.0 Å². The zero-order valence-corrected chi connectivity index (χ0v) is 11.1. The number of anilines is 2. The Bertz CT molecular complexity index is 829. The molecular formula is C14H13FN6. The number of halogens is 1. The van der Waals surface area contributed by atoms with Crippen molar-refractivity contribution in [3.05, 3.63) is 35.9 Å². The van der Waals surface area contributed by atoms with Crippen LogP contribution in [0.5, 0.6) is 0 Å². The molecule has 6 nitrogen and oxygen atoms in total. The summed E-state index contributed by atoms with van der Waals surface area (Å²) < 4.78 is 15.4. The molecule has 106 valence electrons. The van der Waals surface area contributed by atoms with Crippen LogP contribution < -0.4 is 11.5 Å². The van der Waals surface area contributed by atoms with Crippen LogP contribution in [0, 0.1) is 5.82 Å². The van der Waals surface area contributed by atoms with Crippen molar-refractivity contribution in [3.8, 4) is 5.95 Å². The van der Waals surface area contributed by atoms with Crippen molar-refractivity contribution >= 4 is 22.7 Å². The van der Waals surface area contributed by atoms with Crippen molar-refractivity contribution in [1.82, 2.24) is 19.5 Å². The van der Waals surface area contributed by atoms with E-state index in [9.17, 15) is 4.39 Å². The SMILES string of the molecule is Nc1nc(-n2c(C3CC3)nc3ccccc32)nc(N)c1F. The number of nitrogens with zero attached hydrogens (tertiary/aromatic N) is 4. The molecule has 1 aliphatic carbocycles. The minimum Gasteiger partial charge on any atom is -0.381 e. The maximum absolute atomic E-state index is 13.5. The van der Waals surface area contributed by atoms with E-state index in [4.69, 9.17) is 11.5 Å². The van der Waals surface area contributed by atoms with Crippen LogP contribution >= 0.6 is 0 Å². The quantitative estimate of drug-likeness (QED) is 0.750. The van der Waals surface area contributed by atoms with Crippen LogP contribution in [0.2, 0.25) is 0 Å². The number of hydrogen-bond acceptors (Lipinski definition) is 5. The molecule has 0 amide bonds. The van der Waals surface area contributed by atoms with Crippen molar-refractivity contribution in [1.29, 1.82) is 0 Å². The highest BCUT2D eigenvalue weighted by atomic mass is 19.1. The van der Waals surface area contributed by atoms with Gasteiger partial charge in [0.1, 0.15) is 5.82 Å². The Kier molecular flexibility index (Phi) is 2.38. The van der Waals surface area contributed by atoms with Gasteiger partial charge >= 0.3 is 0 Å². The molecule has 1 saturated carbocycles. The first-order chi connectivity index (χ1) is 10.1. The van der Waals surface area contributed by atoms with Crippen molar-refractivity contribution in [2.24, 2.45) is 0 Å². The van der Waals surface area contributed by atoms with Gasteiger partial charge in [-0.3, -0.25) is 4.57 Å². The third-order valence-electron chi connectivity index (χ3n) is 3.62. The van der Waals surface area contributed by atoms with Crippen LogP contribution in [-0.2, 0) is 0 Å².